The largest absolute Gasteiger partial charge is 0.454 e. The zero-order valence-corrected chi connectivity index (χ0v) is 14.8. The van der Waals surface area contributed by atoms with Crippen molar-refractivity contribution in [3.63, 3.8) is 0 Å². The summed E-state index contributed by atoms with van der Waals surface area (Å²) in [6.07, 6.45) is 4.59. The minimum atomic E-state index is -0.617. The number of benzene rings is 2. The summed E-state index contributed by atoms with van der Waals surface area (Å²) < 4.78 is 15.4. The maximum Gasteiger partial charge on any atom is 0.331 e. The molecule has 3 aromatic rings. The number of aromatic nitrogens is 1. The summed E-state index contributed by atoms with van der Waals surface area (Å²) in [5.74, 6) is 0.111. The van der Waals surface area contributed by atoms with Crippen LogP contribution < -0.4 is 14.8 Å². The molecule has 2 heterocycles. The number of carbonyl (C=O) groups excluding carboxylic acids is 2. The van der Waals surface area contributed by atoms with E-state index in [2.05, 4.69) is 10.3 Å². The van der Waals surface area contributed by atoms with Crippen LogP contribution in [0.3, 0.4) is 0 Å². The van der Waals surface area contributed by atoms with Crippen LogP contribution in [0.1, 0.15) is 5.56 Å². The molecule has 0 saturated carbocycles. The Morgan fingerprint density at radius 1 is 1.11 bits per heavy atom. The highest BCUT2D eigenvalue weighted by Gasteiger charge is 2.14. The second-order valence-corrected chi connectivity index (χ2v) is 5.98. The highest BCUT2D eigenvalue weighted by atomic mass is 16.7. The number of amides is 1. The number of anilines is 1. The topological polar surface area (TPSA) is 86.8 Å². The van der Waals surface area contributed by atoms with E-state index in [1.54, 1.807) is 30.5 Å². The van der Waals surface area contributed by atoms with Gasteiger partial charge in [-0.2, -0.15) is 0 Å². The predicted octanol–water partition coefficient (Wildman–Crippen LogP) is 3.16. The first-order valence-electron chi connectivity index (χ1n) is 8.57. The Kier molecular flexibility index (Phi) is 4.88. The fourth-order valence-corrected chi connectivity index (χ4v) is 2.78. The molecule has 140 valence electrons. The molecule has 0 unspecified atom stereocenters. The summed E-state index contributed by atoms with van der Waals surface area (Å²) in [6.45, 7) is -0.242. The van der Waals surface area contributed by atoms with Gasteiger partial charge in [0.05, 0.1) is 5.52 Å². The molecule has 7 nitrogen and oxygen atoms in total. The first kappa shape index (κ1) is 17.5. The predicted molar refractivity (Wildman–Crippen MR) is 103 cm³/mol. The Hall–Kier alpha value is -3.87. The summed E-state index contributed by atoms with van der Waals surface area (Å²) in [7, 11) is 0. The molecular weight excluding hydrogens is 360 g/mol. The zero-order valence-electron chi connectivity index (χ0n) is 14.8. The minimum Gasteiger partial charge on any atom is -0.454 e. The number of fused-ring (bicyclic) bond motifs is 2. The number of nitrogens with one attached hydrogen (secondary N) is 1. The van der Waals surface area contributed by atoms with Crippen LogP contribution in [0.4, 0.5) is 5.69 Å². The molecule has 0 fully saturated rings. The molecule has 2 aromatic carbocycles. The number of pyridine rings is 1. The molecule has 7 heteroatoms. The van der Waals surface area contributed by atoms with Crippen LogP contribution in [0.25, 0.3) is 17.0 Å². The van der Waals surface area contributed by atoms with E-state index in [1.165, 1.54) is 6.08 Å². The van der Waals surface area contributed by atoms with Gasteiger partial charge in [0.25, 0.3) is 5.91 Å². The maximum atomic E-state index is 12.0. The van der Waals surface area contributed by atoms with Crippen LogP contribution >= 0.6 is 0 Å². The molecule has 1 aliphatic rings. The lowest BCUT2D eigenvalue weighted by molar-refractivity contribution is -0.142. The van der Waals surface area contributed by atoms with Gasteiger partial charge in [0.2, 0.25) is 6.79 Å². The summed E-state index contributed by atoms with van der Waals surface area (Å²) in [5.41, 5.74) is 2.11. The highest BCUT2D eigenvalue weighted by molar-refractivity contribution is 5.96. The van der Waals surface area contributed by atoms with Crippen molar-refractivity contribution < 1.29 is 23.8 Å². The molecule has 1 aromatic heterocycles. The van der Waals surface area contributed by atoms with Crippen molar-refractivity contribution in [2.24, 2.45) is 0 Å². The molecule has 0 aliphatic carbocycles. The lowest BCUT2D eigenvalue weighted by Crippen LogP contribution is -2.20. The fraction of sp³-hybridized carbons (Fsp3) is 0.0952. The third-order valence-corrected chi connectivity index (χ3v) is 4.06. The van der Waals surface area contributed by atoms with E-state index in [-0.39, 0.29) is 6.79 Å². The summed E-state index contributed by atoms with van der Waals surface area (Å²) in [6, 6.07) is 14.5. The van der Waals surface area contributed by atoms with Gasteiger partial charge < -0.3 is 19.5 Å². The second-order valence-electron chi connectivity index (χ2n) is 5.98. The number of hydrogen-bond donors (Lipinski definition) is 1. The maximum absolute atomic E-state index is 12.0. The Morgan fingerprint density at radius 3 is 2.89 bits per heavy atom. The van der Waals surface area contributed by atoms with Crippen LogP contribution in [-0.2, 0) is 14.3 Å². The van der Waals surface area contributed by atoms with Crippen molar-refractivity contribution in [1.29, 1.82) is 0 Å². The number of rotatable bonds is 5. The van der Waals surface area contributed by atoms with Crippen LogP contribution in [-0.4, -0.2) is 30.3 Å². The Balaban J connectivity index is 1.32. The lowest BCUT2D eigenvalue weighted by atomic mass is 10.1. The molecule has 28 heavy (non-hydrogen) atoms. The number of nitrogens with zero attached hydrogens (tertiary/aromatic N) is 1. The van der Waals surface area contributed by atoms with Crippen LogP contribution in [0.15, 0.2) is 60.8 Å². The Labute approximate surface area is 160 Å². The van der Waals surface area contributed by atoms with Crippen molar-refractivity contribution in [3.05, 3.63) is 66.4 Å². The SMILES string of the molecule is O=C(COC(=O)/C=C/c1cccc2cccnc12)Nc1ccc2c(c1)OCO2. The van der Waals surface area contributed by atoms with Gasteiger partial charge in [-0.1, -0.05) is 24.3 Å². The molecule has 0 bridgehead atoms. The van der Waals surface area contributed by atoms with Gasteiger partial charge >= 0.3 is 5.97 Å². The number of para-hydroxylation sites is 1. The molecule has 0 spiro atoms. The van der Waals surface area contributed by atoms with Gasteiger partial charge in [0.15, 0.2) is 18.1 Å². The first-order chi connectivity index (χ1) is 13.7. The molecule has 0 saturated heterocycles. The Morgan fingerprint density at radius 2 is 1.96 bits per heavy atom. The van der Waals surface area contributed by atoms with E-state index < -0.39 is 18.5 Å². The molecule has 0 atom stereocenters. The van der Waals surface area contributed by atoms with Crippen molar-refractivity contribution in [3.8, 4) is 11.5 Å². The van der Waals surface area contributed by atoms with Crippen molar-refractivity contribution >= 4 is 34.5 Å². The molecular formula is C21H16N2O5. The summed E-state index contributed by atoms with van der Waals surface area (Å²) in [4.78, 5) is 28.2. The van der Waals surface area contributed by atoms with Gasteiger partial charge in [-0.25, -0.2) is 4.79 Å². The number of ether oxygens (including phenoxy) is 3. The average Bonchev–Trinajstić information content (AvgIpc) is 3.18. The highest BCUT2D eigenvalue weighted by Crippen LogP contribution is 2.34. The smallest absolute Gasteiger partial charge is 0.331 e. The van der Waals surface area contributed by atoms with Gasteiger partial charge in [-0.3, -0.25) is 9.78 Å². The lowest BCUT2D eigenvalue weighted by Gasteiger charge is -2.06. The van der Waals surface area contributed by atoms with Crippen molar-refractivity contribution in [2.75, 3.05) is 18.7 Å². The Bertz CT molecular complexity index is 1070. The number of esters is 1. The summed E-state index contributed by atoms with van der Waals surface area (Å²) >= 11 is 0. The van der Waals surface area contributed by atoms with Gasteiger partial charge in [-0.15, -0.1) is 0 Å². The molecule has 1 N–H and O–H groups in total. The zero-order chi connectivity index (χ0) is 19.3. The molecule has 4 rings (SSSR count). The van der Waals surface area contributed by atoms with Crippen molar-refractivity contribution in [2.45, 2.75) is 0 Å². The van der Waals surface area contributed by atoms with Crippen molar-refractivity contribution in [1.82, 2.24) is 4.98 Å². The van der Waals surface area contributed by atoms with E-state index in [4.69, 9.17) is 14.2 Å². The number of carbonyl (C=O) groups is 2. The average molecular weight is 376 g/mol. The van der Waals surface area contributed by atoms with Crippen LogP contribution in [0.5, 0.6) is 11.5 Å². The van der Waals surface area contributed by atoms with E-state index in [9.17, 15) is 9.59 Å². The normalized spacial score (nSPS) is 12.3. The van der Waals surface area contributed by atoms with E-state index in [1.807, 2.05) is 30.3 Å². The van der Waals surface area contributed by atoms with Crippen LogP contribution in [0.2, 0.25) is 0 Å². The quantitative estimate of drug-likeness (QED) is 0.544. The van der Waals surface area contributed by atoms with Gasteiger partial charge in [0.1, 0.15) is 0 Å². The third-order valence-electron chi connectivity index (χ3n) is 4.06. The first-order valence-corrected chi connectivity index (χ1v) is 8.57. The van der Waals surface area contributed by atoms with Crippen LogP contribution in [0, 0.1) is 0 Å². The monoisotopic (exact) mass is 376 g/mol. The standard InChI is InChI=1S/C21H16N2O5/c24-19(23-16-7-8-17-18(11-16)28-13-27-17)12-26-20(25)9-6-15-4-1-3-14-5-2-10-22-21(14)15/h1-11H,12-13H2,(H,23,24)/b9-6+. The summed E-state index contributed by atoms with van der Waals surface area (Å²) in [5, 5.41) is 3.61. The van der Waals surface area contributed by atoms with Gasteiger partial charge in [-0.05, 0) is 24.3 Å². The van der Waals surface area contributed by atoms with E-state index in [0.29, 0.717) is 17.2 Å². The molecule has 1 aliphatic heterocycles. The number of hydrogen-bond acceptors (Lipinski definition) is 6. The minimum absolute atomic E-state index is 0.156. The molecule has 0 radical (unpaired) electrons. The fourth-order valence-electron chi connectivity index (χ4n) is 2.78. The van der Waals surface area contributed by atoms with E-state index >= 15 is 0 Å². The third kappa shape index (κ3) is 3.93. The van der Waals surface area contributed by atoms with E-state index in [0.717, 1.165) is 16.5 Å². The van der Waals surface area contributed by atoms with Gasteiger partial charge in [0, 0.05) is 35.0 Å². The second kappa shape index (κ2) is 7.79. The molecule has 1 amide bonds.